The van der Waals surface area contributed by atoms with E-state index in [2.05, 4.69) is 24.1 Å². The molecule has 17 heavy (non-hydrogen) atoms. The molecule has 100 valence electrons. The van der Waals surface area contributed by atoms with Crippen molar-refractivity contribution in [1.29, 1.82) is 0 Å². The van der Waals surface area contributed by atoms with Crippen LogP contribution in [-0.2, 0) is 9.53 Å². The first kappa shape index (κ1) is 14.5. The molecule has 1 aliphatic heterocycles. The fourth-order valence-corrected chi connectivity index (χ4v) is 1.86. The molecule has 0 spiro atoms. The minimum Gasteiger partial charge on any atom is -0.379 e. The van der Waals surface area contributed by atoms with E-state index in [4.69, 9.17) is 4.74 Å². The van der Waals surface area contributed by atoms with Crippen LogP contribution in [0.5, 0.6) is 0 Å². The fourth-order valence-electron chi connectivity index (χ4n) is 1.86. The molecule has 1 saturated heterocycles. The van der Waals surface area contributed by atoms with Gasteiger partial charge in [0.05, 0.1) is 13.2 Å². The highest BCUT2D eigenvalue weighted by molar-refractivity contribution is 5.75. The van der Waals surface area contributed by atoms with E-state index in [-0.39, 0.29) is 5.91 Å². The smallest absolute Gasteiger partial charge is 0.220 e. The summed E-state index contributed by atoms with van der Waals surface area (Å²) in [5.74, 6) is 0.801. The molecule has 1 heterocycles. The molecule has 0 unspecified atom stereocenters. The van der Waals surface area contributed by atoms with Crippen molar-refractivity contribution in [2.45, 2.75) is 33.1 Å². The van der Waals surface area contributed by atoms with Gasteiger partial charge in [-0.05, 0) is 25.3 Å². The first-order valence-corrected chi connectivity index (χ1v) is 6.75. The van der Waals surface area contributed by atoms with Gasteiger partial charge in [-0.25, -0.2) is 0 Å². The molecule has 0 atom stereocenters. The number of hydrogen-bond donors (Lipinski definition) is 1. The molecule has 1 fully saturated rings. The van der Waals surface area contributed by atoms with Gasteiger partial charge in [0.1, 0.15) is 0 Å². The van der Waals surface area contributed by atoms with E-state index in [9.17, 15) is 4.79 Å². The first-order valence-electron chi connectivity index (χ1n) is 6.75. The summed E-state index contributed by atoms with van der Waals surface area (Å²) < 4.78 is 5.29. The summed E-state index contributed by atoms with van der Waals surface area (Å²) in [6.45, 7) is 9.91. The summed E-state index contributed by atoms with van der Waals surface area (Å²) in [7, 11) is 0. The molecule has 1 N–H and O–H groups in total. The van der Waals surface area contributed by atoms with Crippen LogP contribution in [0.25, 0.3) is 0 Å². The Morgan fingerprint density at radius 1 is 1.35 bits per heavy atom. The van der Waals surface area contributed by atoms with Crippen LogP contribution in [0.15, 0.2) is 0 Å². The van der Waals surface area contributed by atoms with Gasteiger partial charge < -0.3 is 10.1 Å². The largest absolute Gasteiger partial charge is 0.379 e. The number of ether oxygens (including phenoxy) is 1. The lowest BCUT2D eigenvalue weighted by atomic mass is 10.1. The van der Waals surface area contributed by atoms with Crippen molar-refractivity contribution in [2.75, 3.05) is 39.4 Å². The van der Waals surface area contributed by atoms with Crippen molar-refractivity contribution in [3.8, 4) is 0 Å². The van der Waals surface area contributed by atoms with Crippen LogP contribution >= 0.6 is 0 Å². The number of carbonyl (C=O) groups excluding carboxylic acids is 1. The molecular weight excluding hydrogens is 216 g/mol. The van der Waals surface area contributed by atoms with Crippen LogP contribution in [-0.4, -0.2) is 50.2 Å². The third-order valence-corrected chi connectivity index (χ3v) is 3.03. The molecule has 0 radical (unpaired) electrons. The normalized spacial score (nSPS) is 17.4. The number of amides is 1. The molecule has 4 heteroatoms. The van der Waals surface area contributed by atoms with Crippen molar-refractivity contribution >= 4 is 5.91 Å². The van der Waals surface area contributed by atoms with Crippen LogP contribution in [0.3, 0.4) is 0 Å². The van der Waals surface area contributed by atoms with Crippen molar-refractivity contribution in [3.63, 3.8) is 0 Å². The molecule has 0 saturated carbocycles. The molecule has 0 bridgehead atoms. The Labute approximate surface area is 105 Å². The van der Waals surface area contributed by atoms with E-state index in [0.29, 0.717) is 12.3 Å². The van der Waals surface area contributed by atoms with Gasteiger partial charge in [0.25, 0.3) is 0 Å². The SMILES string of the molecule is CC(C)CCC(=O)NCCCN1CCOCC1. The quantitative estimate of drug-likeness (QED) is 0.683. The summed E-state index contributed by atoms with van der Waals surface area (Å²) in [4.78, 5) is 13.8. The molecule has 0 aromatic carbocycles. The number of nitrogens with zero attached hydrogens (tertiary/aromatic N) is 1. The van der Waals surface area contributed by atoms with Crippen molar-refractivity contribution < 1.29 is 9.53 Å². The Hall–Kier alpha value is -0.610. The second-order valence-corrected chi connectivity index (χ2v) is 5.09. The molecule has 0 aromatic heterocycles. The lowest BCUT2D eigenvalue weighted by molar-refractivity contribution is -0.121. The average Bonchev–Trinajstić information content (AvgIpc) is 2.33. The van der Waals surface area contributed by atoms with Crippen LogP contribution < -0.4 is 5.32 Å². The van der Waals surface area contributed by atoms with E-state index in [1.54, 1.807) is 0 Å². The van der Waals surface area contributed by atoms with E-state index < -0.39 is 0 Å². The number of hydrogen-bond acceptors (Lipinski definition) is 3. The molecule has 1 rings (SSSR count). The lowest BCUT2D eigenvalue weighted by Gasteiger charge is -2.26. The van der Waals surface area contributed by atoms with E-state index >= 15 is 0 Å². The van der Waals surface area contributed by atoms with Gasteiger partial charge >= 0.3 is 0 Å². The highest BCUT2D eigenvalue weighted by Crippen LogP contribution is 2.02. The number of carbonyl (C=O) groups is 1. The molecule has 1 amide bonds. The standard InChI is InChI=1S/C13H26N2O2/c1-12(2)4-5-13(16)14-6-3-7-15-8-10-17-11-9-15/h12H,3-11H2,1-2H3,(H,14,16). The average molecular weight is 242 g/mol. The van der Waals surface area contributed by atoms with Crippen LogP contribution in [0, 0.1) is 5.92 Å². The Bertz CT molecular complexity index is 213. The summed E-state index contributed by atoms with van der Waals surface area (Å²) in [6.07, 6.45) is 2.68. The first-order chi connectivity index (χ1) is 8.18. The minimum atomic E-state index is 0.195. The summed E-state index contributed by atoms with van der Waals surface area (Å²) in [5.41, 5.74) is 0. The topological polar surface area (TPSA) is 41.6 Å². The van der Waals surface area contributed by atoms with Gasteiger partial charge in [-0.3, -0.25) is 9.69 Å². The Kier molecular flexibility index (Phi) is 7.21. The predicted octanol–water partition coefficient (Wildman–Crippen LogP) is 1.26. The van der Waals surface area contributed by atoms with Crippen molar-refractivity contribution in [1.82, 2.24) is 10.2 Å². The number of rotatable bonds is 7. The second kappa shape index (κ2) is 8.48. The third kappa shape index (κ3) is 7.34. The maximum Gasteiger partial charge on any atom is 0.220 e. The van der Waals surface area contributed by atoms with Gasteiger partial charge in [-0.15, -0.1) is 0 Å². The molecule has 0 aliphatic carbocycles. The second-order valence-electron chi connectivity index (χ2n) is 5.09. The van der Waals surface area contributed by atoms with Crippen LogP contribution in [0.4, 0.5) is 0 Å². The summed E-state index contributed by atoms with van der Waals surface area (Å²) in [6, 6.07) is 0. The van der Waals surface area contributed by atoms with E-state index in [0.717, 1.165) is 52.2 Å². The zero-order valence-corrected chi connectivity index (χ0v) is 11.2. The van der Waals surface area contributed by atoms with Crippen molar-refractivity contribution in [3.05, 3.63) is 0 Å². The Morgan fingerprint density at radius 3 is 2.71 bits per heavy atom. The third-order valence-electron chi connectivity index (χ3n) is 3.03. The van der Waals surface area contributed by atoms with Gasteiger partial charge in [0, 0.05) is 26.1 Å². The van der Waals surface area contributed by atoms with Crippen molar-refractivity contribution in [2.24, 2.45) is 5.92 Å². The maximum atomic E-state index is 11.5. The Balaban J connectivity index is 1.94. The van der Waals surface area contributed by atoms with Gasteiger partial charge in [-0.1, -0.05) is 13.8 Å². The monoisotopic (exact) mass is 242 g/mol. The van der Waals surface area contributed by atoms with Crippen LogP contribution in [0.1, 0.15) is 33.1 Å². The Morgan fingerprint density at radius 2 is 2.06 bits per heavy atom. The zero-order chi connectivity index (χ0) is 12.5. The van der Waals surface area contributed by atoms with E-state index in [1.165, 1.54) is 0 Å². The summed E-state index contributed by atoms with van der Waals surface area (Å²) >= 11 is 0. The molecule has 0 aromatic rings. The lowest BCUT2D eigenvalue weighted by Crippen LogP contribution is -2.38. The zero-order valence-electron chi connectivity index (χ0n) is 11.2. The minimum absolute atomic E-state index is 0.195. The highest BCUT2D eigenvalue weighted by Gasteiger charge is 2.09. The van der Waals surface area contributed by atoms with Gasteiger partial charge in [0.15, 0.2) is 0 Å². The number of morpholine rings is 1. The van der Waals surface area contributed by atoms with Gasteiger partial charge in [0.2, 0.25) is 5.91 Å². The van der Waals surface area contributed by atoms with Crippen LogP contribution in [0.2, 0.25) is 0 Å². The fraction of sp³-hybridized carbons (Fsp3) is 0.923. The molecular formula is C13H26N2O2. The molecule has 1 aliphatic rings. The van der Waals surface area contributed by atoms with E-state index in [1.807, 2.05) is 0 Å². The number of nitrogens with one attached hydrogen (secondary N) is 1. The molecule has 4 nitrogen and oxygen atoms in total. The van der Waals surface area contributed by atoms with Gasteiger partial charge in [-0.2, -0.15) is 0 Å². The highest BCUT2D eigenvalue weighted by atomic mass is 16.5. The predicted molar refractivity (Wildman–Crippen MR) is 69.0 cm³/mol. The maximum absolute atomic E-state index is 11.5. The summed E-state index contributed by atoms with van der Waals surface area (Å²) in [5, 5.41) is 2.98.